The van der Waals surface area contributed by atoms with Crippen molar-refractivity contribution in [2.24, 2.45) is 21.6 Å². The van der Waals surface area contributed by atoms with Crippen LogP contribution >= 0.6 is 0 Å². The molecule has 1 aromatic rings. The molecule has 0 amide bonds. The highest BCUT2D eigenvalue weighted by Crippen LogP contribution is 2.17. The highest BCUT2D eigenvalue weighted by atomic mass is 15.2. The molecule has 136 valence electrons. The van der Waals surface area contributed by atoms with Gasteiger partial charge in [-0.1, -0.05) is 34.6 Å². The first-order chi connectivity index (χ1) is 11.0. The van der Waals surface area contributed by atoms with Crippen molar-refractivity contribution < 1.29 is 0 Å². The van der Waals surface area contributed by atoms with Crippen LogP contribution in [0.5, 0.6) is 0 Å². The van der Waals surface area contributed by atoms with E-state index >= 15 is 0 Å². The van der Waals surface area contributed by atoms with Crippen LogP contribution in [0.4, 0.5) is 11.4 Å². The van der Waals surface area contributed by atoms with Gasteiger partial charge in [-0.3, -0.25) is 4.99 Å². The number of guanidine groups is 1. The van der Waals surface area contributed by atoms with Gasteiger partial charge in [0, 0.05) is 38.6 Å². The summed E-state index contributed by atoms with van der Waals surface area (Å²) in [6.45, 7) is 13.0. The molecule has 0 bridgehead atoms. The van der Waals surface area contributed by atoms with Crippen LogP contribution in [-0.2, 0) is 0 Å². The third-order valence-electron chi connectivity index (χ3n) is 3.64. The van der Waals surface area contributed by atoms with E-state index in [2.05, 4.69) is 74.4 Å². The lowest BCUT2D eigenvalue weighted by atomic mass is 9.94. The minimum atomic E-state index is 0.0267. The zero-order valence-electron chi connectivity index (χ0n) is 16.4. The number of nitrogens with two attached hydrogens (primary N) is 1. The predicted molar refractivity (Wildman–Crippen MR) is 107 cm³/mol. The summed E-state index contributed by atoms with van der Waals surface area (Å²) >= 11 is 0. The molecule has 0 aliphatic heterocycles. The van der Waals surface area contributed by atoms with Gasteiger partial charge < -0.3 is 21.3 Å². The molecule has 0 atom stereocenters. The summed E-state index contributed by atoms with van der Waals surface area (Å²) in [4.78, 5) is 6.81. The van der Waals surface area contributed by atoms with Gasteiger partial charge in [0.2, 0.25) is 0 Å². The summed E-state index contributed by atoms with van der Waals surface area (Å²) in [5, 5.41) is 6.81. The Morgan fingerprint density at radius 2 is 1.67 bits per heavy atom. The third-order valence-corrected chi connectivity index (χ3v) is 3.64. The lowest BCUT2D eigenvalue weighted by Gasteiger charge is -2.25. The number of hydrogen-bond acceptors (Lipinski definition) is 3. The number of nitrogens with one attached hydrogen (secondary N) is 2. The maximum Gasteiger partial charge on any atom is 0.195 e. The SMILES string of the molecule is CN(C)c1ccc(NC(=NCC(C)(C)C)NCC(C)(C)CN)cc1. The zero-order valence-corrected chi connectivity index (χ0v) is 16.4. The standard InChI is InChI=1S/C19H35N5/c1-18(2,3)13-21-17(22-14-19(4,5)12-20)23-15-8-10-16(11-9-15)24(6)7/h8-11H,12-14,20H2,1-7H3,(H2,21,22,23). The molecule has 0 unspecified atom stereocenters. The van der Waals surface area contributed by atoms with E-state index in [0.29, 0.717) is 6.54 Å². The molecule has 0 radical (unpaired) electrons. The van der Waals surface area contributed by atoms with Crippen molar-refractivity contribution in [1.29, 1.82) is 0 Å². The van der Waals surface area contributed by atoms with Gasteiger partial charge in [0.1, 0.15) is 0 Å². The molecule has 0 aliphatic carbocycles. The molecule has 0 saturated heterocycles. The van der Waals surface area contributed by atoms with Crippen LogP contribution in [0.2, 0.25) is 0 Å². The Balaban J connectivity index is 2.84. The van der Waals surface area contributed by atoms with Crippen LogP contribution in [-0.4, -0.2) is 39.7 Å². The first-order valence-electron chi connectivity index (χ1n) is 8.55. The fourth-order valence-electron chi connectivity index (χ4n) is 1.83. The second-order valence-corrected chi connectivity index (χ2v) is 8.51. The third kappa shape index (κ3) is 7.68. The first kappa shape index (κ1) is 20.3. The Bertz CT molecular complexity index is 524. The fraction of sp³-hybridized carbons (Fsp3) is 0.632. The smallest absolute Gasteiger partial charge is 0.195 e. The Hall–Kier alpha value is -1.75. The molecular formula is C19H35N5. The Kier molecular flexibility index (Phi) is 7.08. The van der Waals surface area contributed by atoms with Crippen molar-refractivity contribution in [3.63, 3.8) is 0 Å². The normalized spacial score (nSPS) is 12.9. The maximum atomic E-state index is 5.83. The second-order valence-electron chi connectivity index (χ2n) is 8.51. The Labute approximate surface area is 147 Å². The van der Waals surface area contributed by atoms with Gasteiger partial charge in [-0.15, -0.1) is 0 Å². The highest BCUT2D eigenvalue weighted by molar-refractivity contribution is 5.93. The van der Waals surface area contributed by atoms with E-state index in [1.807, 2.05) is 14.1 Å². The van der Waals surface area contributed by atoms with E-state index < -0.39 is 0 Å². The van der Waals surface area contributed by atoms with Crippen molar-refractivity contribution in [3.05, 3.63) is 24.3 Å². The van der Waals surface area contributed by atoms with E-state index in [1.54, 1.807) is 0 Å². The van der Waals surface area contributed by atoms with Gasteiger partial charge >= 0.3 is 0 Å². The van der Waals surface area contributed by atoms with E-state index in [0.717, 1.165) is 24.7 Å². The van der Waals surface area contributed by atoms with Crippen molar-refractivity contribution >= 4 is 17.3 Å². The van der Waals surface area contributed by atoms with E-state index in [-0.39, 0.29) is 10.8 Å². The summed E-state index contributed by atoms with van der Waals surface area (Å²) in [5.74, 6) is 0.795. The lowest BCUT2D eigenvalue weighted by molar-refractivity contribution is 0.375. The van der Waals surface area contributed by atoms with Gasteiger partial charge in [0.05, 0.1) is 0 Å². The summed E-state index contributed by atoms with van der Waals surface area (Å²) in [5.41, 5.74) is 8.19. The molecule has 0 aromatic heterocycles. The quantitative estimate of drug-likeness (QED) is 0.553. The van der Waals surface area contributed by atoms with Crippen LogP contribution in [0.1, 0.15) is 34.6 Å². The maximum absolute atomic E-state index is 5.83. The van der Waals surface area contributed by atoms with Gasteiger partial charge in [0.15, 0.2) is 5.96 Å². The molecule has 0 heterocycles. The van der Waals surface area contributed by atoms with Crippen molar-refractivity contribution in [2.75, 3.05) is 43.9 Å². The summed E-state index contributed by atoms with van der Waals surface area (Å²) in [6, 6.07) is 8.32. The fourth-order valence-corrected chi connectivity index (χ4v) is 1.83. The molecule has 5 heteroatoms. The summed E-state index contributed by atoms with van der Waals surface area (Å²) in [7, 11) is 4.07. The van der Waals surface area contributed by atoms with Crippen molar-refractivity contribution in [2.45, 2.75) is 34.6 Å². The van der Waals surface area contributed by atoms with Gasteiger partial charge in [0.25, 0.3) is 0 Å². The largest absolute Gasteiger partial charge is 0.378 e. The predicted octanol–water partition coefficient (Wildman–Crippen LogP) is 3.14. The van der Waals surface area contributed by atoms with E-state index in [4.69, 9.17) is 10.7 Å². The zero-order chi connectivity index (χ0) is 18.4. The second kappa shape index (κ2) is 8.38. The van der Waals surface area contributed by atoms with Crippen molar-refractivity contribution in [1.82, 2.24) is 5.32 Å². The van der Waals surface area contributed by atoms with Crippen LogP contribution in [0.25, 0.3) is 0 Å². The average Bonchev–Trinajstić information content (AvgIpc) is 2.49. The summed E-state index contributed by atoms with van der Waals surface area (Å²) in [6.07, 6.45) is 0. The average molecular weight is 334 g/mol. The molecule has 24 heavy (non-hydrogen) atoms. The number of hydrogen-bond donors (Lipinski definition) is 3. The van der Waals surface area contributed by atoms with Crippen LogP contribution in [0.3, 0.4) is 0 Å². The molecule has 4 N–H and O–H groups in total. The molecule has 1 aromatic carbocycles. The van der Waals surface area contributed by atoms with Crippen LogP contribution < -0.4 is 21.3 Å². The lowest BCUT2D eigenvalue weighted by Crippen LogP contribution is -2.41. The van der Waals surface area contributed by atoms with Gasteiger partial charge in [-0.2, -0.15) is 0 Å². The first-order valence-corrected chi connectivity index (χ1v) is 8.55. The monoisotopic (exact) mass is 333 g/mol. The molecular weight excluding hydrogens is 298 g/mol. The van der Waals surface area contributed by atoms with Crippen LogP contribution in [0.15, 0.2) is 29.3 Å². The van der Waals surface area contributed by atoms with Crippen molar-refractivity contribution in [3.8, 4) is 0 Å². The Morgan fingerprint density at radius 1 is 1.08 bits per heavy atom. The minimum Gasteiger partial charge on any atom is -0.378 e. The van der Waals surface area contributed by atoms with Gasteiger partial charge in [-0.05, 0) is 41.6 Å². The Morgan fingerprint density at radius 3 is 2.12 bits per heavy atom. The van der Waals surface area contributed by atoms with Crippen LogP contribution in [0, 0.1) is 10.8 Å². The molecule has 0 aliphatic rings. The molecule has 0 fully saturated rings. The van der Waals surface area contributed by atoms with Gasteiger partial charge in [-0.25, -0.2) is 0 Å². The number of rotatable bonds is 6. The van der Waals surface area contributed by atoms with E-state index in [9.17, 15) is 0 Å². The number of aliphatic imine (C=N–C) groups is 1. The topological polar surface area (TPSA) is 65.7 Å². The molecule has 0 spiro atoms. The number of benzene rings is 1. The number of anilines is 2. The molecule has 0 saturated carbocycles. The minimum absolute atomic E-state index is 0.0267. The summed E-state index contributed by atoms with van der Waals surface area (Å²) < 4.78 is 0. The molecule has 1 rings (SSSR count). The highest BCUT2D eigenvalue weighted by Gasteiger charge is 2.17. The van der Waals surface area contributed by atoms with E-state index in [1.165, 1.54) is 5.69 Å². The number of nitrogens with zero attached hydrogens (tertiary/aromatic N) is 2. The molecule has 5 nitrogen and oxygen atoms in total.